The molecule has 0 aliphatic carbocycles. The Kier molecular flexibility index (Phi) is 10.2. The molecule has 3 rings (SSSR count). The first-order chi connectivity index (χ1) is 14.7. The van der Waals surface area contributed by atoms with Gasteiger partial charge in [0, 0.05) is 17.3 Å². The van der Waals surface area contributed by atoms with Gasteiger partial charge in [0.2, 0.25) is 5.88 Å². The van der Waals surface area contributed by atoms with Gasteiger partial charge in [0.25, 0.3) is 10.0 Å². The van der Waals surface area contributed by atoms with Crippen LogP contribution in [-0.4, -0.2) is 43.7 Å². The maximum atomic E-state index is 12.2. The normalized spacial score (nSPS) is 10.1. The van der Waals surface area contributed by atoms with Crippen LogP contribution in [0, 0.1) is 0 Å². The number of aromatic carboxylic acids is 1. The van der Waals surface area contributed by atoms with Gasteiger partial charge in [-0.1, -0.05) is 12.1 Å². The van der Waals surface area contributed by atoms with Crippen LogP contribution in [0.1, 0.15) is 10.4 Å². The molecule has 0 amide bonds. The van der Waals surface area contributed by atoms with Gasteiger partial charge in [-0.3, -0.25) is 4.72 Å². The molecule has 11 nitrogen and oxygen atoms in total. The zero-order chi connectivity index (χ0) is 23.0. The summed E-state index contributed by atoms with van der Waals surface area (Å²) in [5.74, 6) is -1.41. The standard InChI is InChI=1S/C12H14N4O4S.C7H6O3.Na/c1-19-11-7-10(14-12(15-11)20-2)16-21(17,18)9-5-3-8(13)4-6-9;8-6-4-2-1-3-5(6)7(9)10;/h3-7H,13H2,1-2H3,(H,14,15,16);1-4,8H,(H,9,10);/q;;+1/p-1. The van der Waals surface area contributed by atoms with Gasteiger partial charge in [-0.15, -0.1) is 0 Å². The van der Waals surface area contributed by atoms with Crippen LogP contribution in [-0.2, 0) is 10.0 Å². The molecule has 0 bridgehead atoms. The molecule has 13 heteroatoms. The number of benzene rings is 2. The number of anilines is 2. The molecule has 32 heavy (non-hydrogen) atoms. The number of carboxylic acids is 1. The fourth-order valence-electron chi connectivity index (χ4n) is 2.14. The second kappa shape index (κ2) is 12.1. The van der Waals surface area contributed by atoms with Crippen molar-refractivity contribution in [1.82, 2.24) is 9.97 Å². The number of aromatic nitrogens is 2. The van der Waals surface area contributed by atoms with Crippen molar-refractivity contribution in [1.29, 1.82) is 0 Å². The maximum absolute atomic E-state index is 12.2. The Morgan fingerprint density at radius 1 is 1.06 bits per heavy atom. The van der Waals surface area contributed by atoms with E-state index in [1.807, 2.05) is 0 Å². The molecule has 0 unspecified atom stereocenters. The summed E-state index contributed by atoms with van der Waals surface area (Å²) in [7, 11) is -1.02. The minimum absolute atomic E-state index is 0. The van der Waals surface area contributed by atoms with Crippen molar-refractivity contribution in [3.05, 3.63) is 60.2 Å². The third-order valence-electron chi connectivity index (χ3n) is 3.63. The summed E-state index contributed by atoms with van der Waals surface area (Å²) >= 11 is 0. The van der Waals surface area contributed by atoms with Crippen molar-refractivity contribution < 1.29 is 62.5 Å². The summed E-state index contributed by atoms with van der Waals surface area (Å²) < 4.78 is 36.6. The number of sulfonamides is 1. The maximum Gasteiger partial charge on any atom is 1.00 e. The molecule has 0 aliphatic heterocycles. The van der Waals surface area contributed by atoms with Crippen LogP contribution in [0.15, 0.2) is 59.5 Å². The van der Waals surface area contributed by atoms with Crippen LogP contribution >= 0.6 is 0 Å². The summed E-state index contributed by atoms with van der Waals surface area (Å²) in [6.45, 7) is 0. The minimum Gasteiger partial charge on any atom is -0.545 e. The van der Waals surface area contributed by atoms with E-state index < -0.39 is 16.0 Å². The van der Waals surface area contributed by atoms with Gasteiger partial charge >= 0.3 is 35.6 Å². The number of nitrogens with two attached hydrogens (primary N) is 1. The van der Waals surface area contributed by atoms with Gasteiger partial charge in [0.05, 0.1) is 25.1 Å². The molecule has 4 N–H and O–H groups in total. The van der Waals surface area contributed by atoms with Gasteiger partial charge in [-0.25, -0.2) is 8.42 Å². The average molecular weight is 470 g/mol. The van der Waals surface area contributed by atoms with Crippen LogP contribution in [0.4, 0.5) is 11.5 Å². The Labute approximate surface area is 206 Å². The average Bonchev–Trinajstić information content (AvgIpc) is 2.74. The number of methoxy groups -OCH3 is 2. The third kappa shape index (κ3) is 7.57. The van der Waals surface area contributed by atoms with E-state index in [2.05, 4.69) is 14.7 Å². The zero-order valence-electron chi connectivity index (χ0n) is 17.5. The van der Waals surface area contributed by atoms with Crippen LogP contribution < -0.4 is 54.6 Å². The summed E-state index contributed by atoms with van der Waals surface area (Å²) in [5.41, 5.74) is 5.82. The van der Waals surface area contributed by atoms with Crippen molar-refractivity contribution >= 4 is 27.5 Å². The van der Waals surface area contributed by atoms with Gasteiger partial charge in [0.1, 0.15) is 5.75 Å². The Morgan fingerprint density at radius 3 is 2.19 bits per heavy atom. The molecule has 1 heterocycles. The van der Waals surface area contributed by atoms with Gasteiger partial charge < -0.3 is 30.2 Å². The van der Waals surface area contributed by atoms with E-state index in [0.29, 0.717) is 5.69 Å². The van der Waals surface area contributed by atoms with Crippen LogP contribution in [0.3, 0.4) is 0 Å². The summed E-state index contributed by atoms with van der Waals surface area (Å²) in [6, 6.07) is 12.8. The fourth-order valence-corrected chi connectivity index (χ4v) is 3.13. The van der Waals surface area contributed by atoms with Crippen molar-refractivity contribution in [2.24, 2.45) is 0 Å². The molecule has 3 aromatic rings. The van der Waals surface area contributed by atoms with Gasteiger partial charge in [-0.2, -0.15) is 9.97 Å². The molecule has 0 saturated heterocycles. The van der Waals surface area contributed by atoms with Crippen LogP contribution in [0.2, 0.25) is 0 Å². The molecule has 0 spiro atoms. The molecule has 0 radical (unpaired) electrons. The Hall–Kier alpha value is -3.06. The number of nitrogens with zero attached hydrogens (tertiary/aromatic N) is 2. The van der Waals surface area contributed by atoms with E-state index in [-0.39, 0.29) is 63.5 Å². The number of carbonyl (C=O) groups is 1. The second-order valence-electron chi connectivity index (χ2n) is 5.76. The summed E-state index contributed by atoms with van der Waals surface area (Å²) in [6.07, 6.45) is 0. The SMILES string of the molecule is COc1cc(NS(=O)(=O)c2ccc(N)cc2)nc(OC)n1.O=C([O-])c1ccccc1O.[Na+]. The largest absolute Gasteiger partial charge is 1.00 e. The number of ether oxygens (including phenoxy) is 2. The van der Waals surface area contributed by atoms with Crippen molar-refractivity contribution in [2.75, 3.05) is 24.7 Å². The van der Waals surface area contributed by atoms with Crippen molar-refractivity contribution in [3.8, 4) is 17.6 Å². The Morgan fingerprint density at radius 2 is 1.69 bits per heavy atom. The van der Waals surface area contributed by atoms with Gasteiger partial charge in [-0.05, 0) is 36.4 Å². The predicted molar refractivity (Wildman–Crippen MR) is 109 cm³/mol. The molecule has 0 aliphatic rings. The van der Waals surface area contributed by atoms with E-state index in [1.54, 1.807) is 6.07 Å². The fraction of sp³-hybridized carbons (Fsp3) is 0.105. The molecular weight excluding hydrogens is 451 g/mol. The number of para-hydroxylation sites is 1. The summed E-state index contributed by atoms with van der Waals surface area (Å²) in [5, 5.41) is 19.0. The number of aromatic hydroxyl groups is 1. The number of rotatable bonds is 6. The quantitative estimate of drug-likeness (QED) is 0.261. The number of nitrogens with one attached hydrogen (secondary N) is 1. The van der Waals surface area contributed by atoms with E-state index in [1.165, 1.54) is 62.8 Å². The van der Waals surface area contributed by atoms with E-state index in [4.69, 9.17) is 20.3 Å². The number of phenols is 1. The number of nitrogen functional groups attached to an aromatic ring is 1. The number of hydrogen-bond acceptors (Lipinski definition) is 10. The first-order valence-electron chi connectivity index (χ1n) is 8.51. The summed E-state index contributed by atoms with van der Waals surface area (Å²) in [4.78, 5) is 18.0. The Balaban J connectivity index is 0.000000393. The van der Waals surface area contributed by atoms with Crippen LogP contribution in [0.5, 0.6) is 17.6 Å². The molecule has 1 aromatic heterocycles. The molecule has 0 fully saturated rings. The number of hydrogen-bond donors (Lipinski definition) is 3. The van der Waals surface area contributed by atoms with E-state index in [0.717, 1.165) is 0 Å². The van der Waals surface area contributed by atoms with Gasteiger partial charge in [0.15, 0.2) is 5.82 Å². The molecular formula is C19H19N4NaO7S. The molecule has 0 atom stereocenters. The van der Waals surface area contributed by atoms with E-state index >= 15 is 0 Å². The number of carbonyl (C=O) groups excluding carboxylic acids is 1. The molecule has 164 valence electrons. The smallest absolute Gasteiger partial charge is 0.545 e. The third-order valence-corrected chi connectivity index (χ3v) is 5.00. The monoisotopic (exact) mass is 470 g/mol. The zero-order valence-corrected chi connectivity index (χ0v) is 20.3. The number of carboxylic acid groups (broad SMARTS) is 1. The first-order valence-corrected chi connectivity index (χ1v) is 9.99. The predicted octanol–water partition coefficient (Wildman–Crippen LogP) is -2.36. The van der Waals surface area contributed by atoms with Crippen molar-refractivity contribution in [2.45, 2.75) is 4.90 Å². The van der Waals surface area contributed by atoms with Crippen LogP contribution in [0.25, 0.3) is 0 Å². The topological polar surface area (TPSA) is 177 Å². The van der Waals surface area contributed by atoms with Crippen molar-refractivity contribution in [3.63, 3.8) is 0 Å². The molecule has 0 saturated carbocycles. The first kappa shape index (κ1) is 27.0. The molecule has 2 aromatic carbocycles. The second-order valence-corrected chi connectivity index (χ2v) is 7.44. The van der Waals surface area contributed by atoms with E-state index in [9.17, 15) is 18.3 Å². The Bertz CT molecular complexity index is 1140. The minimum atomic E-state index is -3.79.